The van der Waals surface area contributed by atoms with Crippen LogP contribution in [0.5, 0.6) is 5.75 Å². The number of H-pyrrole nitrogens is 1. The van der Waals surface area contributed by atoms with Crippen molar-refractivity contribution in [3.8, 4) is 5.75 Å². The molecule has 1 aromatic heterocycles. The molecule has 0 aliphatic carbocycles. The second kappa shape index (κ2) is 5.43. The Labute approximate surface area is 109 Å². The van der Waals surface area contributed by atoms with Crippen LogP contribution in [0.2, 0.25) is 0 Å². The average Bonchev–Trinajstić information content (AvgIpc) is 2.38. The Morgan fingerprint density at radius 3 is 2.53 bits per heavy atom. The number of nitrogen functional groups attached to an aromatic ring is 1. The van der Waals surface area contributed by atoms with Crippen molar-refractivity contribution in [1.82, 2.24) is 9.55 Å². The highest BCUT2D eigenvalue weighted by atomic mass is 16.5. The van der Waals surface area contributed by atoms with Crippen LogP contribution >= 0.6 is 0 Å². The van der Waals surface area contributed by atoms with Gasteiger partial charge in [-0.15, -0.1) is 0 Å². The van der Waals surface area contributed by atoms with Crippen LogP contribution in [0.4, 0.5) is 5.82 Å². The number of nitrogens with one attached hydrogen (secondary N) is 1. The van der Waals surface area contributed by atoms with E-state index in [0.29, 0.717) is 13.0 Å². The Balaban J connectivity index is 2.14. The summed E-state index contributed by atoms with van der Waals surface area (Å²) in [5.74, 6) is 0.951. The van der Waals surface area contributed by atoms with E-state index >= 15 is 0 Å². The Hall–Kier alpha value is -2.50. The quantitative estimate of drug-likeness (QED) is 0.832. The van der Waals surface area contributed by atoms with Crippen molar-refractivity contribution >= 4 is 5.82 Å². The van der Waals surface area contributed by atoms with Crippen molar-refractivity contribution in [3.05, 3.63) is 56.7 Å². The number of benzene rings is 1. The van der Waals surface area contributed by atoms with Crippen molar-refractivity contribution in [2.75, 3.05) is 12.8 Å². The molecule has 2 aromatic rings. The van der Waals surface area contributed by atoms with Crippen molar-refractivity contribution in [3.63, 3.8) is 0 Å². The van der Waals surface area contributed by atoms with Gasteiger partial charge in [-0.1, -0.05) is 12.1 Å². The fourth-order valence-electron chi connectivity index (χ4n) is 1.80. The molecule has 3 N–H and O–H groups in total. The maximum Gasteiger partial charge on any atom is 0.329 e. The van der Waals surface area contributed by atoms with E-state index in [-0.39, 0.29) is 5.82 Å². The zero-order chi connectivity index (χ0) is 13.8. The number of nitrogens with zero attached hydrogens (tertiary/aromatic N) is 1. The van der Waals surface area contributed by atoms with Gasteiger partial charge in [0.1, 0.15) is 11.6 Å². The van der Waals surface area contributed by atoms with Gasteiger partial charge in [0.15, 0.2) is 0 Å². The van der Waals surface area contributed by atoms with Gasteiger partial charge in [-0.2, -0.15) is 0 Å². The van der Waals surface area contributed by atoms with E-state index in [1.165, 1.54) is 10.6 Å². The fraction of sp³-hybridized carbons (Fsp3) is 0.231. The molecule has 0 spiro atoms. The molecule has 1 heterocycles. The molecular formula is C13H15N3O3. The molecule has 0 radical (unpaired) electrons. The van der Waals surface area contributed by atoms with E-state index in [4.69, 9.17) is 10.5 Å². The van der Waals surface area contributed by atoms with Gasteiger partial charge in [-0.25, -0.2) is 4.79 Å². The molecule has 6 nitrogen and oxygen atoms in total. The van der Waals surface area contributed by atoms with E-state index in [1.807, 2.05) is 24.3 Å². The molecule has 100 valence electrons. The number of nitrogens with two attached hydrogens (primary N) is 1. The number of aryl methyl sites for hydroxylation is 1. The standard InChI is InChI=1S/C13H15N3O3/c1-19-10-4-2-9(3-5-10)6-7-16-11(14)8-12(17)15-13(16)18/h2-5,8H,6-7,14H2,1H3,(H,15,17,18). The first-order valence-corrected chi connectivity index (χ1v) is 5.83. The Morgan fingerprint density at radius 2 is 1.95 bits per heavy atom. The molecule has 1 aromatic carbocycles. The smallest absolute Gasteiger partial charge is 0.329 e. The molecule has 0 aliphatic heterocycles. The van der Waals surface area contributed by atoms with Gasteiger partial charge in [-0.05, 0) is 24.1 Å². The number of aromatic nitrogens is 2. The van der Waals surface area contributed by atoms with Gasteiger partial charge in [0.2, 0.25) is 0 Å². The molecule has 2 rings (SSSR count). The zero-order valence-corrected chi connectivity index (χ0v) is 10.6. The van der Waals surface area contributed by atoms with Crippen LogP contribution in [-0.4, -0.2) is 16.7 Å². The zero-order valence-electron chi connectivity index (χ0n) is 10.6. The summed E-state index contributed by atoms with van der Waals surface area (Å²) in [6, 6.07) is 8.76. The number of methoxy groups -OCH3 is 1. The molecule has 0 saturated carbocycles. The Morgan fingerprint density at radius 1 is 1.26 bits per heavy atom. The molecule has 19 heavy (non-hydrogen) atoms. The van der Waals surface area contributed by atoms with Crippen LogP contribution in [0.25, 0.3) is 0 Å². The second-order valence-electron chi connectivity index (χ2n) is 4.11. The third-order valence-corrected chi connectivity index (χ3v) is 2.85. The summed E-state index contributed by atoms with van der Waals surface area (Å²) in [4.78, 5) is 24.8. The average molecular weight is 261 g/mol. The molecule has 0 fully saturated rings. The van der Waals surface area contributed by atoms with Crippen LogP contribution in [-0.2, 0) is 13.0 Å². The van der Waals surface area contributed by atoms with Crippen molar-refractivity contribution in [1.29, 1.82) is 0 Å². The number of ether oxygens (including phenoxy) is 1. The molecule has 0 atom stereocenters. The Bertz CT molecular complexity index is 671. The first-order valence-electron chi connectivity index (χ1n) is 5.83. The normalized spacial score (nSPS) is 10.4. The first kappa shape index (κ1) is 12.9. The topological polar surface area (TPSA) is 90.1 Å². The summed E-state index contributed by atoms with van der Waals surface area (Å²) < 4.78 is 6.41. The number of anilines is 1. The van der Waals surface area contributed by atoms with Gasteiger partial charge in [-0.3, -0.25) is 14.3 Å². The predicted octanol–water partition coefficient (Wildman–Crippen LogP) is 0.370. The maximum absolute atomic E-state index is 11.6. The molecule has 0 aliphatic rings. The second-order valence-corrected chi connectivity index (χ2v) is 4.11. The van der Waals surface area contributed by atoms with E-state index < -0.39 is 11.2 Å². The van der Waals surface area contributed by atoms with Crippen LogP contribution in [0.1, 0.15) is 5.56 Å². The SMILES string of the molecule is COc1ccc(CCn2c(N)cc(=O)[nH]c2=O)cc1. The molecular weight excluding hydrogens is 246 g/mol. The number of hydrogen-bond donors (Lipinski definition) is 2. The van der Waals surface area contributed by atoms with Crippen LogP contribution in [0, 0.1) is 0 Å². The van der Waals surface area contributed by atoms with Crippen LogP contribution < -0.4 is 21.7 Å². The fourth-order valence-corrected chi connectivity index (χ4v) is 1.80. The first-order chi connectivity index (χ1) is 9.10. The molecule has 0 saturated heterocycles. The lowest BCUT2D eigenvalue weighted by atomic mass is 10.1. The number of aromatic amines is 1. The van der Waals surface area contributed by atoms with Crippen LogP contribution in [0.15, 0.2) is 39.9 Å². The highest BCUT2D eigenvalue weighted by Gasteiger charge is 2.03. The predicted molar refractivity (Wildman–Crippen MR) is 72.4 cm³/mol. The third kappa shape index (κ3) is 3.04. The van der Waals surface area contributed by atoms with Gasteiger partial charge < -0.3 is 10.5 Å². The lowest BCUT2D eigenvalue weighted by molar-refractivity contribution is 0.414. The summed E-state index contributed by atoms with van der Waals surface area (Å²) >= 11 is 0. The van der Waals surface area contributed by atoms with E-state index in [2.05, 4.69) is 4.98 Å². The minimum atomic E-state index is -0.487. The van der Waals surface area contributed by atoms with Gasteiger partial charge in [0, 0.05) is 12.6 Å². The van der Waals surface area contributed by atoms with E-state index in [0.717, 1.165) is 11.3 Å². The van der Waals surface area contributed by atoms with Crippen LogP contribution in [0.3, 0.4) is 0 Å². The summed E-state index contributed by atoms with van der Waals surface area (Å²) in [6.45, 7) is 0.410. The molecule has 6 heteroatoms. The van der Waals surface area contributed by atoms with Gasteiger partial charge in [0.25, 0.3) is 5.56 Å². The summed E-state index contributed by atoms with van der Waals surface area (Å²) in [6.07, 6.45) is 0.639. The highest BCUT2D eigenvalue weighted by Crippen LogP contribution is 2.12. The number of hydrogen-bond acceptors (Lipinski definition) is 4. The van der Waals surface area contributed by atoms with Crippen molar-refractivity contribution < 1.29 is 4.74 Å². The lowest BCUT2D eigenvalue weighted by Crippen LogP contribution is -2.31. The van der Waals surface area contributed by atoms with Crippen molar-refractivity contribution in [2.24, 2.45) is 0 Å². The molecule has 0 bridgehead atoms. The lowest BCUT2D eigenvalue weighted by Gasteiger charge is -2.08. The maximum atomic E-state index is 11.6. The summed E-state index contributed by atoms with van der Waals surface area (Å²) in [5, 5.41) is 0. The van der Waals surface area contributed by atoms with E-state index in [1.54, 1.807) is 7.11 Å². The third-order valence-electron chi connectivity index (χ3n) is 2.85. The summed E-state index contributed by atoms with van der Waals surface area (Å²) in [5.41, 5.74) is 5.74. The highest BCUT2D eigenvalue weighted by molar-refractivity contribution is 5.28. The molecule has 0 unspecified atom stereocenters. The molecule has 0 amide bonds. The van der Waals surface area contributed by atoms with Gasteiger partial charge >= 0.3 is 5.69 Å². The monoisotopic (exact) mass is 261 g/mol. The minimum absolute atomic E-state index is 0.169. The minimum Gasteiger partial charge on any atom is -0.497 e. The van der Waals surface area contributed by atoms with Gasteiger partial charge in [0.05, 0.1) is 7.11 Å². The van der Waals surface area contributed by atoms with Crippen molar-refractivity contribution in [2.45, 2.75) is 13.0 Å². The number of rotatable bonds is 4. The van der Waals surface area contributed by atoms with E-state index in [9.17, 15) is 9.59 Å². The Kier molecular flexibility index (Phi) is 3.70. The summed E-state index contributed by atoms with van der Waals surface area (Å²) in [7, 11) is 1.61. The largest absolute Gasteiger partial charge is 0.497 e.